The van der Waals surface area contributed by atoms with Gasteiger partial charge in [-0.05, 0) is 18.2 Å². The minimum absolute atomic E-state index is 0.108. The van der Waals surface area contributed by atoms with Gasteiger partial charge in [0.1, 0.15) is 6.54 Å². The number of rotatable bonds is 1. The topological polar surface area (TPSA) is 49.4 Å². The number of alkyl halides is 2. The number of halogens is 3. The summed E-state index contributed by atoms with van der Waals surface area (Å²) >= 11 is 16.9. The molecule has 0 saturated heterocycles. The van der Waals surface area contributed by atoms with Crippen LogP contribution in [0.4, 0.5) is 11.4 Å². The van der Waals surface area contributed by atoms with Gasteiger partial charge in [0, 0.05) is 5.02 Å². The lowest BCUT2D eigenvalue weighted by Gasteiger charge is -2.29. The summed E-state index contributed by atoms with van der Waals surface area (Å²) in [7, 11) is 0. The Bertz CT molecular complexity index is 490. The molecule has 0 atom stereocenters. The molecule has 0 spiro atoms. The number of hydrogen-bond acceptors (Lipinski definition) is 2. The third-order valence-electron chi connectivity index (χ3n) is 2.28. The molecular formula is C10H7Cl3N2O2. The van der Waals surface area contributed by atoms with Crippen LogP contribution in [0.25, 0.3) is 0 Å². The Morgan fingerprint density at radius 2 is 2.12 bits per heavy atom. The van der Waals surface area contributed by atoms with Crippen LogP contribution in [0.5, 0.6) is 0 Å². The van der Waals surface area contributed by atoms with Gasteiger partial charge in [0.2, 0.25) is 5.91 Å². The average Bonchev–Trinajstić information content (AvgIpc) is 2.26. The van der Waals surface area contributed by atoms with Gasteiger partial charge in [-0.15, -0.1) is 0 Å². The zero-order valence-electron chi connectivity index (χ0n) is 8.41. The molecule has 0 unspecified atom stereocenters. The van der Waals surface area contributed by atoms with E-state index < -0.39 is 10.7 Å². The molecule has 7 heteroatoms. The van der Waals surface area contributed by atoms with Gasteiger partial charge in [-0.1, -0.05) is 34.8 Å². The SMILES string of the molecule is O=C1CN(C(=O)C(Cl)Cl)c2ccc(Cl)cc2N1. The van der Waals surface area contributed by atoms with Gasteiger partial charge in [-0.25, -0.2) is 0 Å². The summed E-state index contributed by atoms with van der Waals surface area (Å²) in [4.78, 5) is 23.2. The standard InChI is InChI=1S/C10H7Cl3N2O2/c11-5-1-2-7-6(3-5)14-8(16)4-15(7)10(17)9(12)13/h1-3,9H,4H2,(H,14,16). The van der Waals surface area contributed by atoms with Crippen molar-refractivity contribution in [1.82, 2.24) is 0 Å². The highest BCUT2D eigenvalue weighted by atomic mass is 35.5. The van der Waals surface area contributed by atoms with Crippen molar-refractivity contribution in [3.63, 3.8) is 0 Å². The zero-order chi connectivity index (χ0) is 12.6. The lowest BCUT2D eigenvalue weighted by molar-refractivity contribution is -0.120. The number of nitrogens with one attached hydrogen (secondary N) is 1. The van der Waals surface area contributed by atoms with E-state index in [1.54, 1.807) is 18.2 Å². The van der Waals surface area contributed by atoms with Crippen LogP contribution in [0, 0.1) is 0 Å². The predicted molar refractivity (Wildman–Crippen MR) is 67.9 cm³/mol. The highest BCUT2D eigenvalue weighted by molar-refractivity contribution is 6.55. The summed E-state index contributed by atoms with van der Waals surface area (Å²) in [5.41, 5.74) is 1.00. The van der Waals surface area contributed by atoms with Crippen LogP contribution in [0.2, 0.25) is 5.02 Å². The fourth-order valence-electron chi connectivity index (χ4n) is 1.58. The number of carbonyl (C=O) groups is 2. The Labute approximate surface area is 112 Å². The van der Waals surface area contributed by atoms with Crippen molar-refractivity contribution in [2.45, 2.75) is 4.84 Å². The fourth-order valence-corrected chi connectivity index (χ4v) is 1.98. The van der Waals surface area contributed by atoms with Crippen molar-refractivity contribution >= 4 is 58.0 Å². The molecule has 1 N–H and O–H groups in total. The largest absolute Gasteiger partial charge is 0.323 e. The summed E-state index contributed by atoms with van der Waals surface area (Å²) in [5, 5.41) is 3.09. The molecule has 1 heterocycles. The molecule has 2 rings (SSSR count). The maximum atomic E-state index is 11.7. The van der Waals surface area contributed by atoms with Crippen molar-refractivity contribution in [2.24, 2.45) is 0 Å². The first-order chi connectivity index (χ1) is 7.99. The van der Waals surface area contributed by atoms with Crippen molar-refractivity contribution in [3.8, 4) is 0 Å². The summed E-state index contributed by atoms with van der Waals surface area (Å²) in [6, 6.07) is 4.81. The van der Waals surface area contributed by atoms with Crippen molar-refractivity contribution in [2.75, 3.05) is 16.8 Å². The van der Waals surface area contributed by atoms with Crippen LogP contribution in [0.15, 0.2) is 18.2 Å². The predicted octanol–water partition coefficient (Wildman–Crippen LogP) is 2.43. The number of nitrogens with zero attached hydrogens (tertiary/aromatic N) is 1. The third kappa shape index (κ3) is 2.49. The maximum Gasteiger partial charge on any atom is 0.260 e. The number of amides is 2. The maximum absolute atomic E-state index is 11.7. The zero-order valence-corrected chi connectivity index (χ0v) is 10.7. The summed E-state index contributed by atoms with van der Waals surface area (Å²) in [5.74, 6) is -0.853. The van der Waals surface area contributed by atoms with Crippen LogP contribution in [0.3, 0.4) is 0 Å². The van der Waals surface area contributed by atoms with Crippen molar-refractivity contribution < 1.29 is 9.59 Å². The third-order valence-corrected chi connectivity index (χ3v) is 2.89. The Morgan fingerprint density at radius 1 is 1.41 bits per heavy atom. The van der Waals surface area contributed by atoms with Gasteiger partial charge in [-0.3, -0.25) is 14.5 Å². The van der Waals surface area contributed by atoms with Crippen LogP contribution in [0.1, 0.15) is 0 Å². The Hall–Kier alpha value is -0.970. The monoisotopic (exact) mass is 292 g/mol. The highest BCUT2D eigenvalue weighted by Crippen LogP contribution is 2.32. The molecule has 4 nitrogen and oxygen atoms in total. The van der Waals surface area contributed by atoms with Crippen molar-refractivity contribution in [1.29, 1.82) is 0 Å². The second kappa shape index (κ2) is 4.72. The van der Waals surface area contributed by atoms with E-state index in [1.165, 1.54) is 4.90 Å². The molecule has 1 aliphatic rings. The molecule has 0 radical (unpaired) electrons. The molecule has 1 aliphatic heterocycles. The van der Waals surface area contributed by atoms with E-state index >= 15 is 0 Å². The first-order valence-electron chi connectivity index (χ1n) is 4.68. The minimum Gasteiger partial charge on any atom is -0.323 e. The lowest BCUT2D eigenvalue weighted by atomic mass is 10.2. The van der Waals surface area contributed by atoms with Gasteiger partial charge >= 0.3 is 0 Å². The number of benzene rings is 1. The van der Waals surface area contributed by atoms with E-state index in [9.17, 15) is 9.59 Å². The number of anilines is 2. The van der Waals surface area contributed by atoms with Gasteiger partial charge in [0.25, 0.3) is 5.91 Å². The van der Waals surface area contributed by atoms with Gasteiger partial charge in [0.05, 0.1) is 11.4 Å². The van der Waals surface area contributed by atoms with E-state index in [4.69, 9.17) is 34.8 Å². The molecule has 0 saturated carbocycles. The van der Waals surface area contributed by atoms with Crippen LogP contribution >= 0.6 is 34.8 Å². The fraction of sp³-hybridized carbons (Fsp3) is 0.200. The van der Waals surface area contributed by atoms with Crippen LogP contribution in [-0.2, 0) is 9.59 Å². The Morgan fingerprint density at radius 3 is 2.76 bits per heavy atom. The van der Waals surface area contributed by atoms with Crippen LogP contribution in [-0.4, -0.2) is 23.2 Å². The average molecular weight is 294 g/mol. The Balaban J connectivity index is 2.44. The van der Waals surface area contributed by atoms with E-state index in [0.29, 0.717) is 16.4 Å². The van der Waals surface area contributed by atoms with E-state index in [-0.39, 0.29) is 12.5 Å². The summed E-state index contributed by atoms with van der Waals surface area (Å²) in [6.07, 6.45) is 0. The molecule has 1 aromatic carbocycles. The van der Waals surface area contributed by atoms with Gasteiger partial charge < -0.3 is 5.32 Å². The van der Waals surface area contributed by atoms with E-state index in [2.05, 4.69) is 5.32 Å². The van der Waals surface area contributed by atoms with Crippen LogP contribution < -0.4 is 10.2 Å². The normalized spacial score (nSPS) is 14.6. The first kappa shape index (κ1) is 12.5. The minimum atomic E-state index is -1.20. The molecule has 0 bridgehead atoms. The molecule has 0 aromatic heterocycles. The molecule has 0 aliphatic carbocycles. The number of fused-ring (bicyclic) bond motifs is 1. The first-order valence-corrected chi connectivity index (χ1v) is 5.93. The lowest BCUT2D eigenvalue weighted by Crippen LogP contribution is -2.44. The summed E-state index contributed by atoms with van der Waals surface area (Å²) in [6.45, 7) is -0.108. The molecule has 90 valence electrons. The second-order valence-electron chi connectivity index (χ2n) is 3.43. The van der Waals surface area contributed by atoms with Gasteiger partial charge in [-0.2, -0.15) is 0 Å². The second-order valence-corrected chi connectivity index (χ2v) is 4.97. The quantitative estimate of drug-likeness (QED) is 0.809. The highest BCUT2D eigenvalue weighted by Gasteiger charge is 2.29. The molecule has 1 aromatic rings. The molecule has 17 heavy (non-hydrogen) atoms. The van der Waals surface area contributed by atoms with Gasteiger partial charge in [0.15, 0.2) is 4.84 Å². The van der Waals surface area contributed by atoms with E-state index in [0.717, 1.165) is 0 Å². The Kier molecular flexibility index (Phi) is 3.47. The molecule has 0 fully saturated rings. The molecule has 2 amide bonds. The number of carbonyl (C=O) groups excluding carboxylic acids is 2. The molecular weight excluding hydrogens is 286 g/mol. The summed E-state index contributed by atoms with van der Waals surface area (Å²) < 4.78 is 0. The van der Waals surface area contributed by atoms with E-state index in [1.807, 2.05) is 0 Å². The van der Waals surface area contributed by atoms with Crippen molar-refractivity contribution in [3.05, 3.63) is 23.2 Å². The number of hydrogen-bond donors (Lipinski definition) is 1. The smallest absolute Gasteiger partial charge is 0.260 e.